The summed E-state index contributed by atoms with van der Waals surface area (Å²) in [6, 6.07) is 12.2. The van der Waals surface area contributed by atoms with Crippen molar-refractivity contribution in [2.75, 3.05) is 40.3 Å². The number of hydrogen-bond donors (Lipinski definition) is 0. The van der Waals surface area contributed by atoms with Crippen molar-refractivity contribution in [3.05, 3.63) is 47.9 Å². The standard InChI is InChI=1S/C21H25N3O2/c1-15-19(14-24-12-10-23(2)11-13-24)22-21(26-15)18-8-9-20(25-3)17-7-5-4-6-16(17)18/h4-9H,10-14H2,1-3H3. The monoisotopic (exact) mass is 351 g/mol. The van der Waals surface area contributed by atoms with Crippen LogP contribution in [0.1, 0.15) is 11.5 Å². The molecule has 2 aromatic carbocycles. The number of oxazole rings is 1. The first-order chi connectivity index (χ1) is 12.7. The van der Waals surface area contributed by atoms with Crippen LogP contribution >= 0.6 is 0 Å². The number of aryl methyl sites for hydroxylation is 1. The summed E-state index contributed by atoms with van der Waals surface area (Å²) in [5.74, 6) is 2.45. The lowest BCUT2D eigenvalue weighted by Crippen LogP contribution is -2.44. The Hall–Kier alpha value is -2.37. The van der Waals surface area contributed by atoms with Gasteiger partial charge in [0.25, 0.3) is 0 Å². The van der Waals surface area contributed by atoms with Crippen molar-refractivity contribution in [2.45, 2.75) is 13.5 Å². The molecular formula is C21H25N3O2. The van der Waals surface area contributed by atoms with Crippen LogP contribution in [-0.4, -0.2) is 55.1 Å². The fourth-order valence-electron chi connectivity index (χ4n) is 3.54. The smallest absolute Gasteiger partial charge is 0.227 e. The highest BCUT2D eigenvalue weighted by Gasteiger charge is 2.19. The van der Waals surface area contributed by atoms with Gasteiger partial charge in [-0.3, -0.25) is 4.90 Å². The highest BCUT2D eigenvalue weighted by molar-refractivity contribution is 5.98. The van der Waals surface area contributed by atoms with Gasteiger partial charge in [0.15, 0.2) is 0 Å². The van der Waals surface area contributed by atoms with Crippen LogP contribution in [0.4, 0.5) is 0 Å². The summed E-state index contributed by atoms with van der Waals surface area (Å²) < 4.78 is 11.6. The molecular weight excluding hydrogens is 326 g/mol. The molecule has 1 saturated heterocycles. The first-order valence-electron chi connectivity index (χ1n) is 9.09. The SMILES string of the molecule is COc1ccc(-c2nc(CN3CCN(C)CC3)c(C)o2)c2ccccc12. The fourth-order valence-corrected chi connectivity index (χ4v) is 3.54. The molecule has 1 aromatic heterocycles. The van der Waals surface area contributed by atoms with Crippen molar-refractivity contribution >= 4 is 10.8 Å². The molecule has 0 bridgehead atoms. The summed E-state index contributed by atoms with van der Waals surface area (Å²) in [5.41, 5.74) is 2.04. The number of likely N-dealkylation sites (N-methyl/N-ethyl adjacent to an activating group) is 1. The maximum atomic E-state index is 6.06. The summed E-state index contributed by atoms with van der Waals surface area (Å²) in [5, 5.41) is 2.17. The van der Waals surface area contributed by atoms with Crippen molar-refractivity contribution in [1.82, 2.24) is 14.8 Å². The molecule has 1 aliphatic heterocycles. The summed E-state index contributed by atoms with van der Waals surface area (Å²) in [4.78, 5) is 9.64. The van der Waals surface area contributed by atoms with Crippen LogP contribution in [0, 0.1) is 6.92 Å². The lowest BCUT2D eigenvalue weighted by Gasteiger charge is -2.31. The first kappa shape index (κ1) is 17.1. The Morgan fingerprint density at radius 1 is 1.04 bits per heavy atom. The third kappa shape index (κ3) is 3.20. The Balaban J connectivity index is 1.66. The molecule has 0 atom stereocenters. The topological polar surface area (TPSA) is 41.7 Å². The molecule has 1 fully saturated rings. The quantitative estimate of drug-likeness (QED) is 0.719. The van der Waals surface area contributed by atoms with Gasteiger partial charge >= 0.3 is 0 Å². The van der Waals surface area contributed by atoms with Crippen LogP contribution in [-0.2, 0) is 6.54 Å². The van der Waals surface area contributed by atoms with Gasteiger partial charge in [0.2, 0.25) is 5.89 Å². The van der Waals surface area contributed by atoms with Crippen LogP contribution in [0.15, 0.2) is 40.8 Å². The normalized spacial score (nSPS) is 16.3. The Labute approximate surface area is 154 Å². The lowest BCUT2D eigenvalue weighted by atomic mass is 10.0. The van der Waals surface area contributed by atoms with E-state index in [-0.39, 0.29) is 0 Å². The third-order valence-corrected chi connectivity index (χ3v) is 5.20. The number of rotatable bonds is 4. The van der Waals surface area contributed by atoms with Crippen molar-refractivity contribution in [1.29, 1.82) is 0 Å². The molecule has 2 heterocycles. The average molecular weight is 351 g/mol. The van der Waals surface area contributed by atoms with E-state index in [4.69, 9.17) is 14.1 Å². The predicted octanol–water partition coefficient (Wildman–Crippen LogP) is 3.56. The Morgan fingerprint density at radius 2 is 1.77 bits per heavy atom. The van der Waals surface area contributed by atoms with Crippen LogP contribution in [0.3, 0.4) is 0 Å². The van der Waals surface area contributed by atoms with Crippen LogP contribution in [0.2, 0.25) is 0 Å². The molecule has 0 amide bonds. The van der Waals surface area contributed by atoms with E-state index >= 15 is 0 Å². The van der Waals surface area contributed by atoms with E-state index < -0.39 is 0 Å². The van der Waals surface area contributed by atoms with E-state index in [0.29, 0.717) is 5.89 Å². The second kappa shape index (κ2) is 7.09. The van der Waals surface area contributed by atoms with Crippen LogP contribution < -0.4 is 4.74 Å². The summed E-state index contributed by atoms with van der Waals surface area (Å²) in [6.07, 6.45) is 0. The van der Waals surface area contributed by atoms with E-state index in [1.165, 1.54) is 0 Å². The lowest BCUT2D eigenvalue weighted by molar-refractivity contribution is 0.146. The minimum absolute atomic E-state index is 0.686. The number of fused-ring (bicyclic) bond motifs is 1. The molecule has 0 spiro atoms. The Kier molecular flexibility index (Phi) is 4.66. The van der Waals surface area contributed by atoms with Gasteiger partial charge in [-0.25, -0.2) is 4.98 Å². The zero-order valence-electron chi connectivity index (χ0n) is 15.7. The number of ether oxygens (including phenoxy) is 1. The van der Waals surface area contributed by atoms with Gasteiger partial charge < -0.3 is 14.1 Å². The molecule has 5 heteroatoms. The van der Waals surface area contributed by atoms with Gasteiger partial charge in [-0.2, -0.15) is 0 Å². The number of aromatic nitrogens is 1. The van der Waals surface area contributed by atoms with Gasteiger partial charge in [-0.1, -0.05) is 24.3 Å². The average Bonchev–Trinajstić information content (AvgIpc) is 3.03. The molecule has 5 nitrogen and oxygen atoms in total. The second-order valence-electron chi connectivity index (χ2n) is 6.96. The Bertz CT molecular complexity index is 911. The summed E-state index contributed by atoms with van der Waals surface area (Å²) in [6.45, 7) is 7.21. The zero-order chi connectivity index (χ0) is 18.1. The zero-order valence-corrected chi connectivity index (χ0v) is 15.7. The van der Waals surface area contributed by atoms with E-state index in [0.717, 1.165) is 66.3 Å². The van der Waals surface area contributed by atoms with E-state index in [2.05, 4.69) is 29.0 Å². The summed E-state index contributed by atoms with van der Waals surface area (Å²) in [7, 11) is 3.87. The molecule has 3 aromatic rings. The molecule has 0 aliphatic carbocycles. The largest absolute Gasteiger partial charge is 0.496 e. The molecule has 0 radical (unpaired) electrons. The number of methoxy groups -OCH3 is 1. The number of piperazine rings is 1. The van der Waals surface area contributed by atoms with Crippen molar-refractivity contribution in [3.63, 3.8) is 0 Å². The maximum absolute atomic E-state index is 6.06. The van der Waals surface area contributed by atoms with Crippen LogP contribution in [0.25, 0.3) is 22.2 Å². The van der Waals surface area contributed by atoms with Crippen molar-refractivity contribution in [3.8, 4) is 17.2 Å². The van der Waals surface area contributed by atoms with E-state index in [9.17, 15) is 0 Å². The molecule has 0 saturated carbocycles. The molecule has 4 rings (SSSR count). The molecule has 136 valence electrons. The minimum atomic E-state index is 0.686. The van der Waals surface area contributed by atoms with Crippen molar-refractivity contribution < 1.29 is 9.15 Å². The van der Waals surface area contributed by atoms with Gasteiger partial charge in [-0.15, -0.1) is 0 Å². The highest BCUT2D eigenvalue weighted by Crippen LogP contribution is 2.34. The van der Waals surface area contributed by atoms with Gasteiger partial charge in [0, 0.05) is 43.7 Å². The van der Waals surface area contributed by atoms with Gasteiger partial charge in [0.05, 0.1) is 12.8 Å². The molecule has 1 aliphatic rings. The summed E-state index contributed by atoms with van der Waals surface area (Å²) >= 11 is 0. The van der Waals surface area contributed by atoms with E-state index in [1.54, 1.807) is 7.11 Å². The third-order valence-electron chi connectivity index (χ3n) is 5.20. The molecule has 26 heavy (non-hydrogen) atoms. The molecule has 0 unspecified atom stereocenters. The fraction of sp³-hybridized carbons (Fsp3) is 0.381. The maximum Gasteiger partial charge on any atom is 0.227 e. The molecule has 0 N–H and O–H groups in total. The number of benzene rings is 2. The van der Waals surface area contributed by atoms with Gasteiger partial charge in [0.1, 0.15) is 11.5 Å². The predicted molar refractivity (Wildman–Crippen MR) is 104 cm³/mol. The highest BCUT2D eigenvalue weighted by atomic mass is 16.5. The van der Waals surface area contributed by atoms with E-state index in [1.807, 2.05) is 31.2 Å². The Morgan fingerprint density at radius 3 is 2.50 bits per heavy atom. The second-order valence-corrected chi connectivity index (χ2v) is 6.96. The van der Waals surface area contributed by atoms with Crippen LogP contribution in [0.5, 0.6) is 5.75 Å². The van der Waals surface area contributed by atoms with Gasteiger partial charge in [-0.05, 0) is 31.5 Å². The minimum Gasteiger partial charge on any atom is -0.496 e. The number of nitrogens with zero attached hydrogens (tertiary/aromatic N) is 3. The number of hydrogen-bond acceptors (Lipinski definition) is 5. The van der Waals surface area contributed by atoms with Crippen molar-refractivity contribution in [2.24, 2.45) is 0 Å². The first-order valence-corrected chi connectivity index (χ1v) is 9.09.